The van der Waals surface area contributed by atoms with Crippen LogP contribution in [-0.2, 0) is 6.54 Å². The molecule has 0 aliphatic heterocycles. The molecule has 0 aliphatic carbocycles. The number of aromatic carboxylic acids is 1. The van der Waals surface area contributed by atoms with Gasteiger partial charge in [-0.05, 0) is 38.0 Å². The zero-order valence-electron chi connectivity index (χ0n) is 11.5. The topological polar surface area (TPSA) is 55.1 Å². The number of carboxylic acids is 1. The third-order valence-corrected chi connectivity index (χ3v) is 3.10. The molecule has 0 bridgehead atoms. The Bertz CT molecular complexity index is 615. The zero-order chi connectivity index (χ0) is 14.0. The van der Waals surface area contributed by atoms with Gasteiger partial charge in [0.05, 0.1) is 5.69 Å². The van der Waals surface area contributed by atoms with Crippen LogP contribution in [0.25, 0.3) is 11.3 Å². The van der Waals surface area contributed by atoms with Gasteiger partial charge in [0.25, 0.3) is 0 Å². The Kier molecular flexibility index (Phi) is 3.69. The van der Waals surface area contributed by atoms with Crippen molar-refractivity contribution in [2.75, 3.05) is 0 Å². The molecule has 4 nitrogen and oxygen atoms in total. The molecular weight excluding hydrogens is 240 g/mol. The van der Waals surface area contributed by atoms with E-state index in [0.29, 0.717) is 6.54 Å². The van der Waals surface area contributed by atoms with E-state index in [1.165, 1.54) is 0 Å². The van der Waals surface area contributed by atoms with Crippen LogP contribution in [0.5, 0.6) is 0 Å². The van der Waals surface area contributed by atoms with Gasteiger partial charge in [0.2, 0.25) is 0 Å². The summed E-state index contributed by atoms with van der Waals surface area (Å²) in [5.74, 6) is -0.933. The largest absolute Gasteiger partial charge is 0.477 e. The second-order valence-electron chi connectivity index (χ2n) is 4.76. The summed E-state index contributed by atoms with van der Waals surface area (Å²) < 4.78 is 1.57. The highest BCUT2D eigenvalue weighted by Gasteiger charge is 2.15. The van der Waals surface area contributed by atoms with Gasteiger partial charge in [0.15, 0.2) is 0 Å². The van der Waals surface area contributed by atoms with Crippen molar-refractivity contribution in [2.45, 2.75) is 33.7 Å². The van der Waals surface area contributed by atoms with Crippen LogP contribution in [0.4, 0.5) is 0 Å². The smallest absolute Gasteiger partial charge is 0.354 e. The summed E-state index contributed by atoms with van der Waals surface area (Å²) in [6, 6.07) is 7.77. The molecule has 0 unspecified atom stereocenters. The van der Waals surface area contributed by atoms with Gasteiger partial charge in [0.1, 0.15) is 5.69 Å². The Morgan fingerprint density at radius 3 is 2.68 bits per heavy atom. The summed E-state index contributed by atoms with van der Waals surface area (Å²) >= 11 is 0. The monoisotopic (exact) mass is 258 g/mol. The van der Waals surface area contributed by atoms with Crippen LogP contribution < -0.4 is 0 Å². The summed E-state index contributed by atoms with van der Waals surface area (Å²) in [6.07, 6.45) is 0.855. The number of aryl methyl sites for hydroxylation is 3. The van der Waals surface area contributed by atoms with Crippen molar-refractivity contribution in [1.82, 2.24) is 9.78 Å². The quantitative estimate of drug-likeness (QED) is 0.915. The van der Waals surface area contributed by atoms with Crippen molar-refractivity contribution >= 4 is 5.97 Å². The zero-order valence-corrected chi connectivity index (χ0v) is 11.5. The highest BCUT2D eigenvalue weighted by atomic mass is 16.4. The Balaban J connectivity index is 2.53. The second kappa shape index (κ2) is 5.26. The first kappa shape index (κ1) is 13.3. The average molecular weight is 258 g/mol. The molecule has 1 heterocycles. The summed E-state index contributed by atoms with van der Waals surface area (Å²) in [5.41, 5.74) is 4.22. The standard InChI is InChI=1S/C15H18N2O2/c1-4-7-17-14(15(18)19)9-13(16-17)12-8-10(2)5-6-11(12)3/h5-6,8-9H,4,7H2,1-3H3,(H,18,19). The maximum absolute atomic E-state index is 11.2. The van der Waals surface area contributed by atoms with E-state index >= 15 is 0 Å². The van der Waals surface area contributed by atoms with E-state index in [0.717, 1.165) is 28.8 Å². The van der Waals surface area contributed by atoms with E-state index in [-0.39, 0.29) is 5.69 Å². The predicted molar refractivity (Wildman–Crippen MR) is 74.4 cm³/mol. The molecule has 0 aliphatic rings. The van der Waals surface area contributed by atoms with Gasteiger partial charge in [-0.2, -0.15) is 5.10 Å². The number of hydrogen-bond acceptors (Lipinski definition) is 2. The molecular formula is C15H18N2O2. The van der Waals surface area contributed by atoms with Gasteiger partial charge < -0.3 is 5.11 Å². The van der Waals surface area contributed by atoms with Crippen LogP contribution in [0.2, 0.25) is 0 Å². The maximum atomic E-state index is 11.2. The van der Waals surface area contributed by atoms with Crippen LogP contribution in [0.3, 0.4) is 0 Å². The Hall–Kier alpha value is -2.10. The maximum Gasteiger partial charge on any atom is 0.354 e. The van der Waals surface area contributed by atoms with Crippen LogP contribution in [-0.4, -0.2) is 20.9 Å². The number of benzene rings is 1. The minimum atomic E-state index is -0.933. The van der Waals surface area contributed by atoms with E-state index in [4.69, 9.17) is 0 Å². The lowest BCUT2D eigenvalue weighted by Gasteiger charge is -2.04. The number of rotatable bonds is 4. The molecule has 0 fully saturated rings. The minimum Gasteiger partial charge on any atom is -0.477 e. The number of aromatic nitrogens is 2. The van der Waals surface area contributed by atoms with Crippen LogP contribution in [0.1, 0.15) is 35.0 Å². The first-order chi connectivity index (χ1) is 9.02. The number of hydrogen-bond donors (Lipinski definition) is 1. The molecule has 0 saturated heterocycles. The van der Waals surface area contributed by atoms with Crippen molar-refractivity contribution in [3.8, 4) is 11.3 Å². The lowest BCUT2D eigenvalue weighted by molar-refractivity contribution is 0.0683. The summed E-state index contributed by atoms with van der Waals surface area (Å²) in [6.45, 7) is 6.65. The Morgan fingerprint density at radius 2 is 2.05 bits per heavy atom. The molecule has 1 aromatic heterocycles. The minimum absolute atomic E-state index is 0.248. The van der Waals surface area contributed by atoms with Crippen LogP contribution in [0, 0.1) is 13.8 Å². The van der Waals surface area contributed by atoms with E-state index < -0.39 is 5.97 Å². The molecule has 0 saturated carbocycles. The van der Waals surface area contributed by atoms with Gasteiger partial charge in [-0.15, -0.1) is 0 Å². The Morgan fingerprint density at radius 1 is 1.32 bits per heavy atom. The highest BCUT2D eigenvalue weighted by molar-refractivity contribution is 5.87. The van der Waals surface area contributed by atoms with Gasteiger partial charge in [0, 0.05) is 12.1 Å². The molecule has 0 atom stereocenters. The highest BCUT2D eigenvalue weighted by Crippen LogP contribution is 2.24. The molecule has 4 heteroatoms. The van der Waals surface area contributed by atoms with Gasteiger partial charge in [-0.3, -0.25) is 4.68 Å². The fourth-order valence-corrected chi connectivity index (χ4v) is 2.11. The van der Waals surface area contributed by atoms with Gasteiger partial charge in [-0.1, -0.05) is 24.6 Å². The molecule has 100 valence electrons. The lowest BCUT2D eigenvalue weighted by Crippen LogP contribution is -2.09. The van der Waals surface area contributed by atoms with Crippen molar-refractivity contribution in [1.29, 1.82) is 0 Å². The number of carbonyl (C=O) groups is 1. The predicted octanol–water partition coefficient (Wildman–Crippen LogP) is 3.28. The van der Waals surface area contributed by atoms with Gasteiger partial charge in [-0.25, -0.2) is 4.79 Å². The number of carboxylic acid groups (broad SMARTS) is 1. The molecule has 2 rings (SSSR count). The van der Waals surface area contributed by atoms with Crippen LogP contribution >= 0.6 is 0 Å². The second-order valence-corrected chi connectivity index (χ2v) is 4.76. The fraction of sp³-hybridized carbons (Fsp3) is 0.333. The van der Waals surface area contributed by atoms with Crippen molar-refractivity contribution in [3.63, 3.8) is 0 Å². The SMILES string of the molecule is CCCn1nc(-c2cc(C)ccc2C)cc1C(=O)O. The van der Waals surface area contributed by atoms with Crippen molar-refractivity contribution in [3.05, 3.63) is 41.1 Å². The first-order valence-electron chi connectivity index (χ1n) is 6.41. The fourth-order valence-electron chi connectivity index (χ4n) is 2.11. The lowest BCUT2D eigenvalue weighted by atomic mass is 10.0. The molecule has 0 amide bonds. The van der Waals surface area contributed by atoms with Crippen LogP contribution in [0.15, 0.2) is 24.3 Å². The van der Waals surface area contributed by atoms with E-state index in [2.05, 4.69) is 5.10 Å². The van der Waals surface area contributed by atoms with Gasteiger partial charge >= 0.3 is 5.97 Å². The van der Waals surface area contributed by atoms with E-state index in [1.807, 2.05) is 39.0 Å². The molecule has 1 N–H and O–H groups in total. The molecule has 19 heavy (non-hydrogen) atoms. The van der Waals surface area contributed by atoms with Crippen molar-refractivity contribution in [2.24, 2.45) is 0 Å². The van der Waals surface area contributed by atoms with Crippen molar-refractivity contribution < 1.29 is 9.90 Å². The van der Waals surface area contributed by atoms with E-state index in [1.54, 1.807) is 10.7 Å². The first-order valence-corrected chi connectivity index (χ1v) is 6.41. The Labute approximate surface area is 112 Å². The summed E-state index contributed by atoms with van der Waals surface area (Å²) in [7, 11) is 0. The summed E-state index contributed by atoms with van der Waals surface area (Å²) in [4.78, 5) is 11.2. The average Bonchev–Trinajstić information content (AvgIpc) is 2.77. The third kappa shape index (κ3) is 2.67. The van der Waals surface area contributed by atoms with E-state index in [9.17, 15) is 9.90 Å². The molecule has 0 radical (unpaired) electrons. The molecule has 2 aromatic rings. The summed E-state index contributed by atoms with van der Waals surface area (Å²) in [5, 5.41) is 13.6. The third-order valence-electron chi connectivity index (χ3n) is 3.10. The molecule has 1 aromatic carbocycles. The number of nitrogens with zero attached hydrogens (tertiary/aromatic N) is 2. The molecule has 0 spiro atoms. The normalized spacial score (nSPS) is 10.7.